The van der Waals surface area contributed by atoms with Crippen molar-refractivity contribution in [3.63, 3.8) is 0 Å². The van der Waals surface area contributed by atoms with Crippen molar-refractivity contribution in [3.05, 3.63) is 23.8 Å². The molecule has 0 bridgehead atoms. The lowest BCUT2D eigenvalue weighted by molar-refractivity contribution is -0.133. The topological polar surface area (TPSA) is 55.1 Å². The van der Waals surface area contributed by atoms with Crippen molar-refractivity contribution in [1.82, 2.24) is 9.55 Å². The maximum absolute atomic E-state index is 10.8. The Balaban J connectivity index is 2.32. The van der Waals surface area contributed by atoms with Crippen LogP contribution in [0.2, 0.25) is 0 Å². The molecule has 0 amide bonds. The van der Waals surface area contributed by atoms with Gasteiger partial charge in [-0.3, -0.25) is 4.79 Å². The van der Waals surface area contributed by atoms with Crippen molar-refractivity contribution >= 4 is 40.5 Å². The van der Waals surface area contributed by atoms with E-state index in [2.05, 4.69) is 28.8 Å². The molecule has 20 heavy (non-hydrogen) atoms. The Morgan fingerprint density at radius 2 is 2.25 bits per heavy atom. The molecule has 0 saturated carbocycles. The third-order valence-electron chi connectivity index (χ3n) is 2.92. The van der Waals surface area contributed by atoms with Crippen LogP contribution in [-0.4, -0.2) is 38.4 Å². The van der Waals surface area contributed by atoms with Crippen LogP contribution in [0, 0.1) is 6.92 Å². The number of imidazole rings is 1. The van der Waals surface area contributed by atoms with Gasteiger partial charge in [-0.25, -0.2) is 4.98 Å². The zero-order valence-corrected chi connectivity index (χ0v) is 13.3. The van der Waals surface area contributed by atoms with Crippen molar-refractivity contribution in [3.8, 4) is 0 Å². The van der Waals surface area contributed by atoms with Crippen LogP contribution >= 0.6 is 23.5 Å². The van der Waals surface area contributed by atoms with Crippen molar-refractivity contribution in [2.45, 2.75) is 25.0 Å². The monoisotopic (exact) mass is 310 g/mol. The first-order valence-corrected chi connectivity index (χ1v) is 8.80. The fourth-order valence-corrected chi connectivity index (χ4v) is 3.21. The number of carboxylic acid groups (broad SMARTS) is 1. The zero-order valence-electron chi connectivity index (χ0n) is 11.6. The van der Waals surface area contributed by atoms with Crippen molar-refractivity contribution in [2.75, 3.05) is 17.8 Å². The molecule has 0 radical (unpaired) electrons. The summed E-state index contributed by atoms with van der Waals surface area (Å²) in [5.74, 6) is 0.327. The minimum Gasteiger partial charge on any atom is -0.481 e. The van der Waals surface area contributed by atoms with Gasteiger partial charge in [-0.05, 0) is 43.0 Å². The highest BCUT2D eigenvalue weighted by Gasteiger charge is 2.12. The second-order valence-corrected chi connectivity index (χ2v) is 6.50. The molecule has 0 saturated heterocycles. The summed E-state index contributed by atoms with van der Waals surface area (Å²) in [5.41, 5.74) is 3.23. The second-order valence-electron chi connectivity index (χ2n) is 4.57. The summed E-state index contributed by atoms with van der Waals surface area (Å²) in [6.07, 6.45) is 3.15. The summed E-state index contributed by atoms with van der Waals surface area (Å²) in [4.78, 5) is 15.3. The number of carbonyl (C=O) groups is 1. The van der Waals surface area contributed by atoms with Gasteiger partial charge in [0, 0.05) is 6.54 Å². The molecule has 0 aliphatic rings. The van der Waals surface area contributed by atoms with E-state index >= 15 is 0 Å². The van der Waals surface area contributed by atoms with Gasteiger partial charge in [-0.2, -0.15) is 11.8 Å². The van der Waals surface area contributed by atoms with E-state index < -0.39 is 5.97 Å². The van der Waals surface area contributed by atoms with Gasteiger partial charge in [0.1, 0.15) is 0 Å². The third kappa shape index (κ3) is 3.70. The van der Waals surface area contributed by atoms with E-state index in [4.69, 9.17) is 5.11 Å². The molecule has 1 N–H and O–H groups in total. The summed E-state index contributed by atoms with van der Waals surface area (Å²) in [7, 11) is 0. The highest BCUT2D eigenvalue weighted by molar-refractivity contribution is 7.99. The van der Waals surface area contributed by atoms with Gasteiger partial charge in [-0.15, -0.1) is 0 Å². The van der Waals surface area contributed by atoms with Crippen LogP contribution in [0.1, 0.15) is 12.0 Å². The van der Waals surface area contributed by atoms with Crippen LogP contribution in [0.25, 0.3) is 11.0 Å². The molecule has 0 spiro atoms. The number of aryl methyl sites for hydroxylation is 2. The first-order chi connectivity index (χ1) is 9.61. The molecule has 1 aromatic heterocycles. The van der Waals surface area contributed by atoms with E-state index in [0.29, 0.717) is 0 Å². The summed E-state index contributed by atoms with van der Waals surface area (Å²) in [6, 6.07) is 6.15. The number of nitrogens with zero attached hydrogens (tertiary/aromatic N) is 2. The summed E-state index contributed by atoms with van der Waals surface area (Å²) in [5, 5.41) is 9.64. The number of carboxylic acids is 1. The Bertz CT molecular complexity index is 610. The van der Waals surface area contributed by atoms with Crippen LogP contribution in [0.15, 0.2) is 23.4 Å². The van der Waals surface area contributed by atoms with Crippen molar-refractivity contribution in [1.29, 1.82) is 0 Å². The normalized spacial score (nSPS) is 11.1. The van der Waals surface area contributed by atoms with Crippen molar-refractivity contribution in [2.24, 2.45) is 0 Å². The average Bonchev–Trinajstić information content (AvgIpc) is 2.74. The molecule has 0 aliphatic heterocycles. The molecule has 1 heterocycles. The molecular weight excluding hydrogens is 292 g/mol. The first-order valence-electron chi connectivity index (χ1n) is 6.42. The van der Waals surface area contributed by atoms with E-state index in [1.165, 1.54) is 17.3 Å². The van der Waals surface area contributed by atoms with E-state index in [1.807, 2.05) is 23.9 Å². The van der Waals surface area contributed by atoms with Crippen LogP contribution in [0.5, 0.6) is 0 Å². The maximum atomic E-state index is 10.8. The highest BCUT2D eigenvalue weighted by Crippen LogP contribution is 2.25. The SMILES string of the molecule is CSCCCn1c(SCC(=O)O)nc2ccc(C)cc21. The fraction of sp³-hybridized carbons (Fsp3) is 0.429. The minimum absolute atomic E-state index is 0.0465. The predicted octanol–water partition coefficient (Wildman–Crippen LogP) is 3.27. The van der Waals surface area contributed by atoms with E-state index in [9.17, 15) is 4.79 Å². The predicted molar refractivity (Wildman–Crippen MR) is 85.8 cm³/mol. The molecule has 1 aromatic carbocycles. The molecule has 0 atom stereocenters. The van der Waals surface area contributed by atoms with Gasteiger partial charge in [0.15, 0.2) is 5.16 Å². The molecule has 0 fully saturated rings. The zero-order chi connectivity index (χ0) is 14.5. The van der Waals surface area contributed by atoms with Gasteiger partial charge in [0.25, 0.3) is 0 Å². The van der Waals surface area contributed by atoms with Crippen LogP contribution < -0.4 is 0 Å². The van der Waals surface area contributed by atoms with Crippen molar-refractivity contribution < 1.29 is 9.90 Å². The van der Waals surface area contributed by atoms with E-state index in [1.54, 1.807) is 0 Å². The maximum Gasteiger partial charge on any atom is 0.313 e. The first kappa shape index (κ1) is 15.3. The average molecular weight is 310 g/mol. The molecule has 108 valence electrons. The number of aromatic nitrogens is 2. The van der Waals surface area contributed by atoms with Gasteiger partial charge in [0.05, 0.1) is 16.8 Å². The standard InChI is InChI=1S/C14H18N2O2S2/c1-10-4-5-11-12(8-10)16(6-3-7-19-2)14(15-11)20-9-13(17)18/h4-5,8H,3,6-7,9H2,1-2H3,(H,17,18). The molecule has 4 nitrogen and oxygen atoms in total. The van der Waals surface area contributed by atoms with Gasteiger partial charge >= 0.3 is 5.97 Å². The molecular formula is C14H18N2O2S2. The summed E-state index contributed by atoms with van der Waals surface area (Å²) >= 11 is 3.11. The lowest BCUT2D eigenvalue weighted by atomic mass is 10.2. The molecule has 6 heteroatoms. The number of thioether (sulfide) groups is 2. The Labute approximate surface area is 127 Å². The second kappa shape index (κ2) is 7.04. The van der Waals surface area contributed by atoms with Gasteiger partial charge < -0.3 is 9.67 Å². The van der Waals surface area contributed by atoms with Gasteiger partial charge in [0.2, 0.25) is 0 Å². The Morgan fingerprint density at radius 3 is 2.95 bits per heavy atom. The summed E-state index contributed by atoms with van der Waals surface area (Å²) < 4.78 is 2.14. The van der Waals surface area contributed by atoms with Crippen LogP contribution in [-0.2, 0) is 11.3 Å². The van der Waals surface area contributed by atoms with E-state index in [0.717, 1.165) is 34.9 Å². The Morgan fingerprint density at radius 1 is 1.45 bits per heavy atom. The Kier molecular flexibility index (Phi) is 5.37. The molecule has 2 rings (SSSR count). The number of rotatable bonds is 7. The molecule has 0 unspecified atom stereocenters. The Hall–Kier alpha value is -1.14. The minimum atomic E-state index is -0.811. The number of hydrogen-bond acceptors (Lipinski definition) is 4. The highest BCUT2D eigenvalue weighted by atomic mass is 32.2. The van der Waals surface area contributed by atoms with Crippen LogP contribution in [0.3, 0.4) is 0 Å². The number of benzene rings is 1. The fourth-order valence-electron chi connectivity index (χ4n) is 2.03. The molecule has 0 aliphatic carbocycles. The molecule has 2 aromatic rings. The smallest absolute Gasteiger partial charge is 0.313 e. The van der Waals surface area contributed by atoms with Gasteiger partial charge in [-0.1, -0.05) is 17.8 Å². The lowest BCUT2D eigenvalue weighted by Gasteiger charge is -2.08. The number of hydrogen-bond donors (Lipinski definition) is 1. The quantitative estimate of drug-likeness (QED) is 0.628. The third-order valence-corrected chi connectivity index (χ3v) is 4.58. The number of fused-ring (bicyclic) bond motifs is 1. The van der Waals surface area contributed by atoms with E-state index in [-0.39, 0.29) is 5.75 Å². The lowest BCUT2D eigenvalue weighted by Crippen LogP contribution is -2.04. The summed E-state index contributed by atoms with van der Waals surface area (Å²) in [6.45, 7) is 2.94. The number of aliphatic carboxylic acids is 1. The largest absolute Gasteiger partial charge is 0.481 e. The van der Waals surface area contributed by atoms with Crippen LogP contribution in [0.4, 0.5) is 0 Å².